The molecule has 0 saturated carbocycles. The van der Waals surface area contributed by atoms with Gasteiger partial charge in [-0.3, -0.25) is 4.79 Å². The number of rotatable bonds is 5. The Morgan fingerprint density at radius 3 is 2.65 bits per heavy atom. The van der Waals surface area contributed by atoms with E-state index in [1.165, 1.54) is 0 Å². The summed E-state index contributed by atoms with van der Waals surface area (Å²) in [5.74, 6) is 1.21. The number of nitriles is 2. The number of hydrogen-bond donors (Lipinski definition) is 0. The normalized spacial score (nSPS) is 11.3. The molecule has 0 radical (unpaired) electrons. The summed E-state index contributed by atoms with van der Waals surface area (Å²) >= 11 is 0. The first kappa shape index (κ1) is 13.5. The van der Waals surface area contributed by atoms with E-state index in [4.69, 9.17) is 24.7 Å². The van der Waals surface area contributed by atoms with Gasteiger partial charge in [-0.1, -0.05) is 0 Å². The van der Waals surface area contributed by atoms with Gasteiger partial charge in [0, 0.05) is 6.07 Å². The maximum atomic E-state index is 11.8. The lowest BCUT2D eigenvalue weighted by molar-refractivity contribution is -0.132. The summed E-state index contributed by atoms with van der Waals surface area (Å²) in [6.07, 6.45) is 0. The van der Waals surface area contributed by atoms with E-state index in [0.717, 1.165) is 4.90 Å². The Morgan fingerprint density at radius 1 is 1.25 bits per heavy atom. The van der Waals surface area contributed by atoms with Crippen LogP contribution in [0.4, 0.5) is 0 Å². The predicted molar refractivity (Wildman–Crippen MR) is 65.9 cm³/mol. The van der Waals surface area contributed by atoms with E-state index in [1.807, 2.05) is 12.1 Å². The van der Waals surface area contributed by atoms with Crippen LogP contribution in [0, 0.1) is 22.7 Å². The second-order valence-corrected chi connectivity index (χ2v) is 3.87. The van der Waals surface area contributed by atoms with E-state index in [9.17, 15) is 4.79 Å². The molecule has 0 unspecified atom stereocenters. The smallest absolute Gasteiger partial charge is 0.262 e. The highest BCUT2D eigenvalue weighted by Crippen LogP contribution is 2.34. The molecule has 102 valence electrons. The maximum absolute atomic E-state index is 11.8. The van der Waals surface area contributed by atoms with Crippen molar-refractivity contribution in [1.29, 1.82) is 10.5 Å². The number of benzene rings is 1. The van der Waals surface area contributed by atoms with Crippen molar-refractivity contribution in [1.82, 2.24) is 4.90 Å². The fourth-order valence-electron chi connectivity index (χ4n) is 1.61. The van der Waals surface area contributed by atoms with Gasteiger partial charge in [0.15, 0.2) is 18.1 Å². The number of fused-ring (bicyclic) bond motifs is 1. The number of carbonyl (C=O) groups excluding carboxylic acids is 1. The number of amides is 1. The van der Waals surface area contributed by atoms with Crippen molar-refractivity contribution in [3.05, 3.63) is 18.2 Å². The molecule has 7 heteroatoms. The largest absolute Gasteiger partial charge is 0.484 e. The highest BCUT2D eigenvalue weighted by atomic mass is 16.7. The first-order chi connectivity index (χ1) is 9.74. The van der Waals surface area contributed by atoms with Crippen LogP contribution in [0.1, 0.15) is 0 Å². The Labute approximate surface area is 115 Å². The quantitative estimate of drug-likeness (QED) is 0.731. The summed E-state index contributed by atoms with van der Waals surface area (Å²) < 4.78 is 15.7. The average Bonchev–Trinajstić information content (AvgIpc) is 2.92. The molecule has 0 fully saturated rings. The third-order valence-corrected chi connectivity index (χ3v) is 2.58. The molecule has 0 saturated heterocycles. The minimum Gasteiger partial charge on any atom is -0.484 e. The van der Waals surface area contributed by atoms with Gasteiger partial charge in [-0.05, 0) is 12.1 Å². The van der Waals surface area contributed by atoms with Crippen molar-refractivity contribution >= 4 is 5.91 Å². The number of carbonyl (C=O) groups is 1. The molecule has 1 aromatic rings. The fourth-order valence-corrected chi connectivity index (χ4v) is 1.61. The van der Waals surface area contributed by atoms with Crippen LogP contribution in [0.2, 0.25) is 0 Å². The molecule has 20 heavy (non-hydrogen) atoms. The van der Waals surface area contributed by atoms with Crippen molar-refractivity contribution in [2.75, 3.05) is 26.5 Å². The van der Waals surface area contributed by atoms with Crippen molar-refractivity contribution in [2.45, 2.75) is 0 Å². The molecule has 0 aromatic heterocycles. The highest BCUT2D eigenvalue weighted by molar-refractivity contribution is 5.78. The molecule has 0 spiro atoms. The summed E-state index contributed by atoms with van der Waals surface area (Å²) in [5.41, 5.74) is 0. The van der Waals surface area contributed by atoms with Crippen LogP contribution >= 0.6 is 0 Å². The van der Waals surface area contributed by atoms with Crippen LogP contribution in [-0.4, -0.2) is 37.3 Å². The molecule has 1 heterocycles. The standard InChI is InChI=1S/C13H11N3O4/c14-3-5-16(6-4-15)13(17)8-18-10-1-2-11-12(7-10)20-9-19-11/h1-2,7H,5-6,8-9H2. The second kappa shape index (κ2) is 6.30. The van der Waals surface area contributed by atoms with E-state index in [1.54, 1.807) is 18.2 Å². The minimum atomic E-state index is -0.425. The molecular formula is C13H11N3O4. The lowest BCUT2D eigenvalue weighted by Gasteiger charge is -2.16. The molecule has 1 amide bonds. The van der Waals surface area contributed by atoms with E-state index in [0.29, 0.717) is 17.2 Å². The Kier molecular flexibility index (Phi) is 4.25. The van der Waals surface area contributed by atoms with E-state index < -0.39 is 5.91 Å². The Bertz CT molecular complexity index is 572. The van der Waals surface area contributed by atoms with Crippen molar-refractivity contribution in [3.63, 3.8) is 0 Å². The Morgan fingerprint density at radius 2 is 1.95 bits per heavy atom. The molecule has 0 atom stereocenters. The average molecular weight is 273 g/mol. The van der Waals surface area contributed by atoms with Crippen molar-refractivity contribution in [2.24, 2.45) is 0 Å². The van der Waals surface area contributed by atoms with E-state index in [-0.39, 0.29) is 26.5 Å². The predicted octanol–water partition coefficient (Wildman–Crippen LogP) is 0.670. The maximum Gasteiger partial charge on any atom is 0.262 e. The van der Waals surface area contributed by atoms with Gasteiger partial charge >= 0.3 is 0 Å². The summed E-state index contributed by atoms with van der Waals surface area (Å²) in [5, 5.41) is 17.2. The van der Waals surface area contributed by atoms with Crippen LogP contribution in [0.15, 0.2) is 18.2 Å². The molecule has 0 aliphatic carbocycles. The third kappa shape index (κ3) is 3.09. The molecule has 0 bridgehead atoms. The van der Waals surface area contributed by atoms with Gasteiger partial charge in [-0.25, -0.2) is 0 Å². The zero-order valence-corrected chi connectivity index (χ0v) is 10.5. The van der Waals surface area contributed by atoms with Gasteiger partial charge in [0.25, 0.3) is 5.91 Å². The number of nitrogens with zero attached hydrogens (tertiary/aromatic N) is 3. The Balaban J connectivity index is 1.93. The first-order valence-corrected chi connectivity index (χ1v) is 5.78. The van der Waals surface area contributed by atoms with Gasteiger partial charge in [0.2, 0.25) is 6.79 Å². The zero-order valence-electron chi connectivity index (χ0n) is 10.5. The molecule has 1 aliphatic rings. The van der Waals surface area contributed by atoms with E-state index >= 15 is 0 Å². The van der Waals surface area contributed by atoms with Gasteiger partial charge in [0.1, 0.15) is 18.8 Å². The van der Waals surface area contributed by atoms with Crippen molar-refractivity contribution < 1.29 is 19.0 Å². The molecule has 7 nitrogen and oxygen atoms in total. The summed E-state index contributed by atoms with van der Waals surface area (Å²) in [4.78, 5) is 12.9. The van der Waals surface area contributed by atoms with Gasteiger partial charge in [0.05, 0.1) is 12.1 Å². The monoisotopic (exact) mass is 273 g/mol. The summed E-state index contributed by atoms with van der Waals surface area (Å²) in [6.45, 7) is -0.368. The second-order valence-electron chi connectivity index (χ2n) is 3.87. The molecule has 1 aliphatic heterocycles. The van der Waals surface area contributed by atoms with Gasteiger partial charge in [-0.15, -0.1) is 0 Å². The van der Waals surface area contributed by atoms with Crippen LogP contribution in [0.25, 0.3) is 0 Å². The number of ether oxygens (including phenoxy) is 3. The minimum absolute atomic E-state index is 0.142. The SMILES string of the molecule is N#CCN(CC#N)C(=O)COc1ccc2c(c1)OCO2. The van der Waals surface area contributed by atoms with Crippen LogP contribution in [0.5, 0.6) is 17.2 Å². The van der Waals surface area contributed by atoms with Gasteiger partial charge in [-0.2, -0.15) is 10.5 Å². The molecule has 1 aromatic carbocycles. The first-order valence-electron chi connectivity index (χ1n) is 5.78. The molecule has 2 rings (SSSR count). The van der Waals surface area contributed by atoms with Crippen LogP contribution in [0.3, 0.4) is 0 Å². The highest BCUT2D eigenvalue weighted by Gasteiger charge is 2.16. The summed E-state index contributed by atoms with van der Waals surface area (Å²) in [6, 6.07) is 8.61. The molecular weight excluding hydrogens is 262 g/mol. The molecule has 0 N–H and O–H groups in total. The van der Waals surface area contributed by atoms with Crippen LogP contribution in [-0.2, 0) is 4.79 Å². The lowest BCUT2D eigenvalue weighted by atomic mass is 10.3. The van der Waals surface area contributed by atoms with Crippen molar-refractivity contribution in [3.8, 4) is 29.4 Å². The lowest BCUT2D eigenvalue weighted by Crippen LogP contribution is -2.35. The van der Waals surface area contributed by atoms with E-state index in [2.05, 4.69) is 0 Å². The van der Waals surface area contributed by atoms with Crippen LogP contribution < -0.4 is 14.2 Å². The number of hydrogen-bond acceptors (Lipinski definition) is 6. The third-order valence-electron chi connectivity index (χ3n) is 2.58. The van der Waals surface area contributed by atoms with Gasteiger partial charge < -0.3 is 19.1 Å². The zero-order chi connectivity index (χ0) is 14.4. The topological polar surface area (TPSA) is 95.6 Å². The summed E-state index contributed by atoms with van der Waals surface area (Å²) in [7, 11) is 0. The fraction of sp³-hybridized carbons (Fsp3) is 0.308. The Hall–Kier alpha value is -2.93.